The van der Waals surface area contributed by atoms with Gasteiger partial charge in [0.2, 0.25) is 0 Å². The van der Waals surface area contributed by atoms with Crippen LogP contribution >= 0.6 is 0 Å². The van der Waals surface area contributed by atoms with Gasteiger partial charge in [-0.15, -0.1) is 0 Å². The quantitative estimate of drug-likeness (QED) is 0.724. The summed E-state index contributed by atoms with van der Waals surface area (Å²) in [5.74, 6) is 1.74. The Kier molecular flexibility index (Phi) is 4.84. The Morgan fingerprint density at radius 1 is 0.923 bits per heavy atom. The Morgan fingerprint density at radius 3 is 2.38 bits per heavy atom. The van der Waals surface area contributed by atoms with E-state index >= 15 is 0 Å². The maximum absolute atomic E-state index is 4.78. The molecule has 4 heterocycles. The largest absolute Gasteiger partial charge is 0.354 e. The van der Waals surface area contributed by atoms with Gasteiger partial charge in [0.05, 0.1) is 0 Å². The van der Waals surface area contributed by atoms with Crippen LogP contribution in [0.1, 0.15) is 11.3 Å². The van der Waals surface area contributed by atoms with E-state index in [1.165, 1.54) is 5.56 Å². The third kappa shape index (κ3) is 3.86. The van der Waals surface area contributed by atoms with Gasteiger partial charge in [0.25, 0.3) is 0 Å². The summed E-state index contributed by atoms with van der Waals surface area (Å²) in [6, 6.07) is 10.1. The van der Waals surface area contributed by atoms with Gasteiger partial charge in [-0.25, -0.2) is 9.97 Å². The molecule has 1 fully saturated rings. The molecule has 0 bridgehead atoms. The van der Waals surface area contributed by atoms with E-state index < -0.39 is 0 Å². The van der Waals surface area contributed by atoms with Crippen molar-refractivity contribution in [1.82, 2.24) is 24.8 Å². The van der Waals surface area contributed by atoms with Gasteiger partial charge in [-0.1, -0.05) is 6.07 Å². The number of pyridine rings is 2. The minimum absolute atomic E-state index is 0.742. The predicted molar refractivity (Wildman–Crippen MR) is 102 cm³/mol. The topological polar surface area (TPSA) is 58.0 Å². The van der Waals surface area contributed by atoms with Crippen molar-refractivity contribution in [3.63, 3.8) is 0 Å². The molecule has 132 valence electrons. The van der Waals surface area contributed by atoms with Crippen LogP contribution in [0.25, 0.3) is 11.4 Å². The molecule has 0 amide bonds. The monoisotopic (exact) mass is 346 g/mol. The first-order valence-corrected chi connectivity index (χ1v) is 8.90. The number of piperazine rings is 1. The molecule has 0 aromatic carbocycles. The third-order valence-electron chi connectivity index (χ3n) is 4.59. The zero-order valence-corrected chi connectivity index (χ0v) is 14.9. The summed E-state index contributed by atoms with van der Waals surface area (Å²) in [7, 11) is 0. The van der Waals surface area contributed by atoms with Gasteiger partial charge in [-0.2, -0.15) is 0 Å². The highest BCUT2D eigenvalue weighted by Gasteiger charge is 2.19. The van der Waals surface area contributed by atoms with Gasteiger partial charge in [0.15, 0.2) is 5.82 Å². The predicted octanol–water partition coefficient (Wildman–Crippen LogP) is 2.56. The fraction of sp³-hybridized carbons (Fsp3) is 0.300. The molecule has 0 atom stereocenters. The fourth-order valence-electron chi connectivity index (χ4n) is 3.22. The van der Waals surface area contributed by atoms with E-state index in [1.807, 2.05) is 43.7 Å². The van der Waals surface area contributed by atoms with Crippen LogP contribution in [0, 0.1) is 6.92 Å². The second-order valence-electron chi connectivity index (χ2n) is 6.56. The van der Waals surface area contributed by atoms with Gasteiger partial charge in [0.1, 0.15) is 5.82 Å². The summed E-state index contributed by atoms with van der Waals surface area (Å²) in [5.41, 5.74) is 3.19. The van der Waals surface area contributed by atoms with Crippen LogP contribution in [-0.2, 0) is 6.54 Å². The van der Waals surface area contributed by atoms with Crippen molar-refractivity contribution in [2.75, 3.05) is 31.1 Å². The first-order valence-electron chi connectivity index (χ1n) is 8.90. The van der Waals surface area contributed by atoms with E-state index in [9.17, 15) is 0 Å². The highest BCUT2D eigenvalue weighted by atomic mass is 15.3. The number of nitrogens with zero attached hydrogens (tertiary/aromatic N) is 6. The maximum atomic E-state index is 4.78. The Bertz CT molecular complexity index is 845. The number of hydrogen-bond donors (Lipinski definition) is 0. The lowest BCUT2D eigenvalue weighted by Gasteiger charge is -2.35. The van der Waals surface area contributed by atoms with Gasteiger partial charge >= 0.3 is 0 Å². The molecule has 0 N–H and O–H groups in total. The van der Waals surface area contributed by atoms with Crippen LogP contribution in [0.5, 0.6) is 0 Å². The molecule has 0 spiro atoms. The molecule has 4 rings (SSSR count). The first-order chi connectivity index (χ1) is 12.8. The molecule has 0 saturated carbocycles. The number of aryl methyl sites for hydroxylation is 1. The zero-order valence-electron chi connectivity index (χ0n) is 14.9. The Balaban J connectivity index is 1.45. The van der Waals surface area contributed by atoms with Gasteiger partial charge in [0, 0.05) is 74.8 Å². The zero-order chi connectivity index (χ0) is 17.8. The average Bonchev–Trinajstić information content (AvgIpc) is 2.70. The number of aromatic nitrogens is 4. The van der Waals surface area contributed by atoms with Crippen LogP contribution < -0.4 is 4.90 Å². The van der Waals surface area contributed by atoms with Crippen molar-refractivity contribution in [2.24, 2.45) is 0 Å². The summed E-state index contributed by atoms with van der Waals surface area (Å²) in [6.45, 7) is 6.92. The lowest BCUT2D eigenvalue weighted by Crippen LogP contribution is -2.46. The summed E-state index contributed by atoms with van der Waals surface area (Å²) in [4.78, 5) is 22.5. The van der Waals surface area contributed by atoms with E-state index in [-0.39, 0.29) is 0 Å². The highest BCUT2D eigenvalue weighted by molar-refractivity contribution is 5.56. The van der Waals surface area contributed by atoms with Crippen molar-refractivity contribution in [3.8, 4) is 11.4 Å². The van der Waals surface area contributed by atoms with Gasteiger partial charge < -0.3 is 4.90 Å². The van der Waals surface area contributed by atoms with Crippen LogP contribution in [0.3, 0.4) is 0 Å². The number of rotatable bonds is 4. The van der Waals surface area contributed by atoms with E-state index in [4.69, 9.17) is 4.98 Å². The van der Waals surface area contributed by atoms with Crippen LogP contribution in [0.4, 0.5) is 5.82 Å². The summed E-state index contributed by atoms with van der Waals surface area (Å²) < 4.78 is 0. The summed E-state index contributed by atoms with van der Waals surface area (Å²) in [5, 5.41) is 0. The Labute approximate surface area is 153 Å². The minimum Gasteiger partial charge on any atom is -0.354 e. The molecule has 26 heavy (non-hydrogen) atoms. The molecule has 0 aliphatic carbocycles. The molecule has 0 radical (unpaired) electrons. The normalized spacial score (nSPS) is 15.2. The lowest BCUT2D eigenvalue weighted by atomic mass is 10.2. The second-order valence-corrected chi connectivity index (χ2v) is 6.56. The molecule has 6 heteroatoms. The second kappa shape index (κ2) is 7.58. The molecule has 3 aromatic rings. The molecular formula is C20H22N6. The van der Waals surface area contributed by atoms with Gasteiger partial charge in [-0.05, 0) is 30.7 Å². The number of hydrogen-bond acceptors (Lipinski definition) is 6. The summed E-state index contributed by atoms with van der Waals surface area (Å²) in [6.07, 6.45) is 7.34. The standard InChI is InChI=1S/C20H22N6/c1-16-12-19(24-20(23-16)18-5-3-7-22-14-18)26-10-8-25(9-11-26)15-17-4-2-6-21-13-17/h2-7,12-14H,8-11,15H2,1H3. The first kappa shape index (κ1) is 16.6. The Hall–Kier alpha value is -2.86. The number of anilines is 1. The lowest BCUT2D eigenvalue weighted by molar-refractivity contribution is 0.249. The smallest absolute Gasteiger partial charge is 0.163 e. The van der Waals surface area contributed by atoms with Crippen molar-refractivity contribution < 1.29 is 0 Å². The van der Waals surface area contributed by atoms with Crippen molar-refractivity contribution >= 4 is 5.82 Å². The Morgan fingerprint density at radius 2 is 1.69 bits per heavy atom. The maximum Gasteiger partial charge on any atom is 0.163 e. The molecule has 0 unspecified atom stereocenters. The molecular weight excluding hydrogens is 324 g/mol. The van der Waals surface area contributed by atoms with Crippen molar-refractivity contribution in [2.45, 2.75) is 13.5 Å². The van der Waals surface area contributed by atoms with Crippen LogP contribution in [-0.4, -0.2) is 51.0 Å². The molecule has 1 aliphatic heterocycles. The molecule has 1 aliphatic rings. The third-order valence-corrected chi connectivity index (χ3v) is 4.59. The average molecular weight is 346 g/mol. The van der Waals surface area contributed by atoms with Crippen LogP contribution in [0.15, 0.2) is 55.1 Å². The SMILES string of the molecule is Cc1cc(N2CCN(Cc3cccnc3)CC2)nc(-c2cccnc2)n1. The van der Waals surface area contributed by atoms with E-state index in [1.54, 1.807) is 6.20 Å². The highest BCUT2D eigenvalue weighted by Crippen LogP contribution is 2.21. The minimum atomic E-state index is 0.742. The van der Waals surface area contributed by atoms with Crippen molar-refractivity contribution in [1.29, 1.82) is 0 Å². The molecule has 1 saturated heterocycles. The van der Waals surface area contributed by atoms with Gasteiger partial charge in [-0.3, -0.25) is 14.9 Å². The van der Waals surface area contributed by atoms with E-state index in [0.29, 0.717) is 0 Å². The fourth-order valence-corrected chi connectivity index (χ4v) is 3.22. The molecule has 3 aromatic heterocycles. The van der Waals surface area contributed by atoms with E-state index in [0.717, 1.165) is 55.6 Å². The summed E-state index contributed by atoms with van der Waals surface area (Å²) >= 11 is 0. The van der Waals surface area contributed by atoms with Crippen molar-refractivity contribution in [3.05, 3.63) is 66.4 Å². The van der Waals surface area contributed by atoms with Crippen LogP contribution in [0.2, 0.25) is 0 Å². The molecule has 6 nitrogen and oxygen atoms in total. The van der Waals surface area contributed by atoms with E-state index in [2.05, 4.69) is 36.9 Å².